The minimum Gasteiger partial charge on any atom is -0.457 e. The third-order valence-corrected chi connectivity index (χ3v) is 6.13. The first-order valence-electron chi connectivity index (χ1n) is 9.89. The van der Waals surface area contributed by atoms with Gasteiger partial charge < -0.3 is 14.5 Å². The Morgan fingerprint density at radius 2 is 1.97 bits per heavy atom. The number of nitrogens with zero attached hydrogens (tertiary/aromatic N) is 2. The number of furan rings is 1. The molecular formula is C23H21N3O3S. The van der Waals surface area contributed by atoms with Crippen LogP contribution in [-0.2, 0) is 4.74 Å². The van der Waals surface area contributed by atoms with Crippen LogP contribution in [0.4, 0.5) is 5.69 Å². The number of amides is 1. The van der Waals surface area contributed by atoms with Gasteiger partial charge in [-0.2, -0.15) is 0 Å². The van der Waals surface area contributed by atoms with Gasteiger partial charge in [0.15, 0.2) is 5.76 Å². The van der Waals surface area contributed by atoms with Gasteiger partial charge in [-0.25, -0.2) is 0 Å². The molecule has 6 nitrogen and oxygen atoms in total. The lowest BCUT2D eigenvalue weighted by molar-refractivity contribution is 0.0205. The Morgan fingerprint density at radius 1 is 1.10 bits per heavy atom. The van der Waals surface area contributed by atoms with E-state index in [-0.39, 0.29) is 11.9 Å². The van der Waals surface area contributed by atoms with Crippen LogP contribution >= 0.6 is 11.3 Å². The zero-order valence-electron chi connectivity index (χ0n) is 16.3. The number of carbonyl (C=O) groups is 1. The smallest absolute Gasteiger partial charge is 0.265 e. The lowest BCUT2D eigenvalue weighted by Crippen LogP contribution is -2.39. The second-order valence-electron chi connectivity index (χ2n) is 7.11. The molecule has 0 aliphatic carbocycles. The van der Waals surface area contributed by atoms with Crippen LogP contribution in [0.2, 0.25) is 0 Å². The van der Waals surface area contributed by atoms with Crippen molar-refractivity contribution in [3.05, 3.63) is 82.5 Å². The SMILES string of the molecule is O=C(Nc1c([C@H](c2cccnc2)N2CCOCC2)oc2ccccc12)c1cccs1. The molecule has 1 amide bonds. The van der Waals surface area contributed by atoms with E-state index in [1.165, 1.54) is 11.3 Å². The monoisotopic (exact) mass is 419 g/mol. The van der Waals surface area contributed by atoms with Gasteiger partial charge in [-0.05, 0) is 35.2 Å². The van der Waals surface area contributed by atoms with E-state index in [9.17, 15) is 4.79 Å². The molecule has 1 atom stereocenters. The fourth-order valence-electron chi connectivity index (χ4n) is 3.87. The first-order chi connectivity index (χ1) is 14.8. The van der Waals surface area contributed by atoms with Gasteiger partial charge >= 0.3 is 0 Å². The van der Waals surface area contributed by atoms with Crippen LogP contribution in [0.25, 0.3) is 11.0 Å². The number of pyridine rings is 1. The van der Waals surface area contributed by atoms with Crippen molar-refractivity contribution in [1.29, 1.82) is 0 Å². The van der Waals surface area contributed by atoms with Crippen molar-refractivity contribution >= 4 is 33.9 Å². The first kappa shape index (κ1) is 19.0. The van der Waals surface area contributed by atoms with Crippen LogP contribution in [0.5, 0.6) is 0 Å². The maximum absolute atomic E-state index is 12.9. The van der Waals surface area contributed by atoms with E-state index in [0.717, 1.165) is 35.4 Å². The van der Waals surface area contributed by atoms with Gasteiger partial charge in [-0.15, -0.1) is 11.3 Å². The highest BCUT2D eigenvalue weighted by Crippen LogP contribution is 2.40. The summed E-state index contributed by atoms with van der Waals surface area (Å²) in [6.45, 7) is 2.87. The number of hydrogen-bond donors (Lipinski definition) is 1. The largest absolute Gasteiger partial charge is 0.457 e. The van der Waals surface area contributed by atoms with Crippen LogP contribution < -0.4 is 5.32 Å². The number of thiophene rings is 1. The number of morpholine rings is 1. The molecule has 4 aromatic rings. The molecule has 0 spiro atoms. The summed E-state index contributed by atoms with van der Waals surface area (Å²) in [4.78, 5) is 20.2. The van der Waals surface area contributed by atoms with Gasteiger partial charge in [-0.1, -0.05) is 24.3 Å². The van der Waals surface area contributed by atoms with Crippen molar-refractivity contribution in [2.75, 3.05) is 31.6 Å². The average molecular weight is 420 g/mol. The van der Waals surface area contributed by atoms with Crippen molar-refractivity contribution in [3.8, 4) is 0 Å². The van der Waals surface area contributed by atoms with Crippen LogP contribution in [-0.4, -0.2) is 42.1 Å². The summed E-state index contributed by atoms with van der Waals surface area (Å²) in [6.07, 6.45) is 3.62. The van der Waals surface area contributed by atoms with Crippen LogP contribution in [0.3, 0.4) is 0 Å². The molecule has 3 aromatic heterocycles. The number of aromatic nitrogens is 1. The third kappa shape index (κ3) is 3.63. The number of nitrogens with one attached hydrogen (secondary N) is 1. The molecule has 4 heterocycles. The zero-order chi connectivity index (χ0) is 20.3. The van der Waals surface area contributed by atoms with Crippen molar-refractivity contribution in [2.24, 2.45) is 0 Å². The standard InChI is InChI=1S/C23H21N3O3S/c27-23(19-8-4-14-30-19)25-20-17-6-1-2-7-18(17)29-22(20)21(16-5-3-9-24-15-16)26-10-12-28-13-11-26/h1-9,14-15,21H,10-13H2,(H,25,27)/t21-/m0/s1. The highest BCUT2D eigenvalue weighted by Gasteiger charge is 2.31. The molecule has 1 aromatic carbocycles. The Balaban J connectivity index is 1.64. The van der Waals surface area contributed by atoms with Gasteiger partial charge in [0.05, 0.1) is 29.8 Å². The molecule has 1 N–H and O–H groups in total. The molecule has 0 bridgehead atoms. The van der Waals surface area contributed by atoms with E-state index in [1.807, 2.05) is 60.1 Å². The van der Waals surface area contributed by atoms with Gasteiger partial charge in [0, 0.05) is 30.9 Å². The number of rotatable bonds is 5. The maximum Gasteiger partial charge on any atom is 0.265 e. The van der Waals surface area contributed by atoms with E-state index in [0.29, 0.717) is 23.8 Å². The Labute approximate surface area is 178 Å². The normalized spacial score (nSPS) is 15.9. The Kier molecular flexibility index (Phi) is 5.31. The van der Waals surface area contributed by atoms with Gasteiger partial charge in [-0.3, -0.25) is 14.7 Å². The average Bonchev–Trinajstić information content (AvgIpc) is 3.45. The fourth-order valence-corrected chi connectivity index (χ4v) is 4.49. The quantitative estimate of drug-likeness (QED) is 0.514. The summed E-state index contributed by atoms with van der Waals surface area (Å²) in [6, 6.07) is 15.3. The lowest BCUT2D eigenvalue weighted by Gasteiger charge is -2.33. The minimum atomic E-state index is -0.173. The molecule has 1 aliphatic heterocycles. The number of anilines is 1. The number of ether oxygens (including phenoxy) is 1. The molecule has 1 fully saturated rings. The molecule has 30 heavy (non-hydrogen) atoms. The molecule has 7 heteroatoms. The van der Waals surface area contributed by atoms with Crippen molar-refractivity contribution in [2.45, 2.75) is 6.04 Å². The van der Waals surface area contributed by atoms with Crippen molar-refractivity contribution in [3.63, 3.8) is 0 Å². The van der Waals surface area contributed by atoms with Gasteiger partial charge in [0.1, 0.15) is 5.58 Å². The van der Waals surface area contributed by atoms with E-state index in [1.54, 1.807) is 6.20 Å². The summed E-state index contributed by atoms with van der Waals surface area (Å²) >= 11 is 1.42. The summed E-state index contributed by atoms with van der Waals surface area (Å²) in [5, 5.41) is 5.91. The fraction of sp³-hybridized carbons (Fsp3) is 0.217. The second kappa shape index (κ2) is 8.39. The third-order valence-electron chi connectivity index (χ3n) is 5.27. The highest BCUT2D eigenvalue weighted by atomic mass is 32.1. The summed E-state index contributed by atoms with van der Waals surface area (Å²) in [7, 11) is 0. The van der Waals surface area contributed by atoms with E-state index in [4.69, 9.17) is 9.15 Å². The number of carbonyl (C=O) groups excluding carboxylic acids is 1. The predicted octanol–water partition coefficient (Wildman–Crippen LogP) is 4.56. The van der Waals surface area contributed by atoms with Crippen molar-refractivity contribution < 1.29 is 13.9 Å². The molecule has 0 saturated carbocycles. The van der Waals surface area contributed by atoms with Crippen LogP contribution in [0, 0.1) is 0 Å². The number of para-hydroxylation sites is 1. The number of benzene rings is 1. The predicted molar refractivity (Wildman–Crippen MR) is 117 cm³/mol. The van der Waals surface area contributed by atoms with E-state index >= 15 is 0 Å². The molecular weight excluding hydrogens is 398 g/mol. The van der Waals surface area contributed by atoms with E-state index < -0.39 is 0 Å². The lowest BCUT2D eigenvalue weighted by atomic mass is 10.0. The van der Waals surface area contributed by atoms with Crippen molar-refractivity contribution in [1.82, 2.24) is 9.88 Å². The zero-order valence-corrected chi connectivity index (χ0v) is 17.1. The second-order valence-corrected chi connectivity index (χ2v) is 8.05. The van der Waals surface area contributed by atoms with Crippen LogP contribution in [0.1, 0.15) is 27.0 Å². The molecule has 5 rings (SSSR count). The minimum absolute atomic E-state index is 0.135. The Bertz CT molecular complexity index is 1140. The van der Waals surface area contributed by atoms with E-state index in [2.05, 4.69) is 15.2 Å². The molecule has 1 aliphatic rings. The number of hydrogen-bond acceptors (Lipinski definition) is 6. The molecule has 0 radical (unpaired) electrons. The first-order valence-corrected chi connectivity index (χ1v) is 10.8. The summed E-state index contributed by atoms with van der Waals surface area (Å²) in [5.74, 6) is 0.584. The van der Waals surface area contributed by atoms with Crippen LogP contribution in [0.15, 0.2) is 70.7 Å². The summed E-state index contributed by atoms with van der Waals surface area (Å²) < 4.78 is 11.9. The highest BCUT2D eigenvalue weighted by molar-refractivity contribution is 7.12. The topological polar surface area (TPSA) is 67.6 Å². The molecule has 1 saturated heterocycles. The Morgan fingerprint density at radius 3 is 2.73 bits per heavy atom. The Hall–Kier alpha value is -3.00. The summed E-state index contributed by atoms with van der Waals surface area (Å²) in [5.41, 5.74) is 2.48. The molecule has 0 unspecified atom stereocenters. The van der Waals surface area contributed by atoms with Gasteiger partial charge in [0.25, 0.3) is 5.91 Å². The number of fused-ring (bicyclic) bond motifs is 1. The van der Waals surface area contributed by atoms with Gasteiger partial charge in [0.2, 0.25) is 0 Å². The maximum atomic E-state index is 12.9. The molecule has 152 valence electrons.